The highest BCUT2D eigenvalue weighted by Gasteiger charge is 2.58. The second-order valence-corrected chi connectivity index (χ2v) is 16.4. The number of nitrogens with one attached hydrogen (secondary N) is 1. The van der Waals surface area contributed by atoms with Gasteiger partial charge in [-0.25, -0.2) is 4.79 Å². The lowest BCUT2D eigenvalue weighted by Crippen LogP contribution is -2.61. The zero-order valence-electron chi connectivity index (χ0n) is 32.5. The monoisotopic (exact) mass is 742 g/mol. The van der Waals surface area contributed by atoms with Gasteiger partial charge in [0.15, 0.2) is 20.4 Å². The van der Waals surface area contributed by atoms with Crippen LogP contribution in [-0.4, -0.2) is 134 Å². The van der Waals surface area contributed by atoms with Crippen LogP contribution in [0.25, 0.3) is 10.4 Å². The summed E-state index contributed by atoms with van der Waals surface area (Å²) in [5.74, 6) is -2.24. The first kappa shape index (κ1) is 43.3. The van der Waals surface area contributed by atoms with Crippen molar-refractivity contribution in [3.8, 4) is 0 Å². The van der Waals surface area contributed by atoms with E-state index in [9.17, 15) is 19.3 Å². The molecule has 3 fully saturated rings. The van der Waals surface area contributed by atoms with E-state index in [-0.39, 0.29) is 32.6 Å². The van der Waals surface area contributed by atoms with E-state index < -0.39 is 71.4 Å². The minimum atomic E-state index is -1.22. The summed E-state index contributed by atoms with van der Waals surface area (Å²) in [6, 6.07) is -0.847. The predicted molar refractivity (Wildman–Crippen MR) is 192 cm³/mol. The van der Waals surface area contributed by atoms with E-state index in [4.69, 9.17) is 29.2 Å². The maximum absolute atomic E-state index is 13.9. The van der Waals surface area contributed by atoms with Crippen molar-refractivity contribution in [3.63, 3.8) is 0 Å². The van der Waals surface area contributed by atoms with Crippen LogP contribution in [0.4, 0.5) is 4.79 Å². The number of methoxy groups -OCH3 is 1. The molecule has 14 atom stereocenters. The van der Waals surface area contributed by atoms with Gasteiger partial charge in [0, 0.05) is 43.1 Å². The molecule has 0 aromatic rings. The third-order valence-electron chi connectivity index (χ3n) is 11.4. The molecule has 0 bridgehead atoms. The van der Waals surface area contributed by atoms with Crippen LogP contribution in [0.5, 0.6) is 0 Å². The zero-order chi connectivity index (χ0) is 38.3. The summed E-state index contributed by atoms with van der Waals surface area (Å²) in [6.45, 7) is 16.4. The van der Waals surface area contributed by atoms with Gasteiger partial charge in [0.25, 0.3) is 0 Å². The Morgan fingerprint density at radius 2 is 1.86 bits per heavy atom. The van der Waals surface area contributed by atoms with Crippen LogP contribution in [0.15, 0.2) is 5.11 Å². The molecule has 51 heavy (non-hydrogen) atoms. The van der Waals surface area contributed by atoms with Crippen LogP contribution in [0, 0.1) is 17.8 Å². The smallest absolute Gasteiger partial charge is 0.410 e. The van der Waals surface area contributed by atoms with E-state index in [0.29, 0.717) is 51.7 Å². The minimum absolute atomic E-state index is 0.0194. The van der Waals surface area contributed by atoms with Crippen molar-refractivity contribution in [2.24, 2.45) is 22.9 Å². The van der Waals surface area contributed by atoms with Gasteiger partial charge in [-0.3, -0.25) is 14.3 Å². The van der Waals surface area contributed by atoms with Crippen molar-refractivity contribution >= 4 is 20.5 Å². The Hall–Kier alpha value is -2.09. The number of cyclic esters (lactones) is 1. The number of aliphatic hydroxyl groups is 1. The molecule has 0 aromatic heterocycles. The van der Waals surface area contributed by atoms with E-state index in [2.05, 4.69) is 22.3 Å². The fourth-order valence-corrected chi connectivity index (χ4v) is 9.21. The van der Waals surface area contributed by atoms with Crippen molar-refractivity contribution in [2.75, 3.05) is 40.8 Å². The number of unbranched alkanes of at least 4 members (excludes halogenated alkanes) is 1. The van der Waals surface area contributed by atoms with Crippen LogP contribution < -0.4 is 5.32 Å². The number of nitrogens with zero attached hydrogens (tertiary/aromatic N) is 5. The third-order valence-corrected chi connectivity index (χ3v) is 12.2. The van der Waals surface area contributed by atoms with E-state index in [1.165, 1.54) is 0 Å². The highest BCUT2D eigenvalue weighted by atomic mass is 31.1. The molecule has 3 aliphatic rings. The van der Waals surface area contributed by atoms with Gasteiger partial charge in [-0.15, -0.1) is 0 Å². The standard InChI is InChI=1S/C35H63N6O9P/c1-12-26-35(8)29(41(33(44)50-35)16-14-13-15-38-39-36)24(6)37-19-20(2)18-34(7,46-11)30(22(4)27(42)23(5)31(43)48-26)49-32-28(51-45)25(40(9)10)17-21(3)47-32/h20-30,32,37,42H,12-19H2,1-11H3/t20-,21?,22+,23-,24-,25?,26-,27?,28?,29-,30-,32+,34-,35-/m1/s1. The SMILES string of the molecule is CC[C@H]1OC(=O)[C@H](C)C(O)[C@H](C)[C@@H](O[C@@H]2OC(C)CC(N(C)C)C2P=O)[C@](C)(OC)C[C@@H](C)CN[C@H](C)[C@H]2N(CCCCN=[N+]=[N-])C(=O)O[C@]12C. The van der Waals surface area contributed by atoms with Crippen molar-refractivity contribution in [2.45, 2.75) is 153 Å². The molecule has 1 amide bonds. The summed E-state index contributed by atoms with van der Waals surface area (Å²) < 4.78 is 44.3. The lowest BCUT2D eigenvalue weighted by molar-refractivity contribution is -0.268. The number of hydrogen-bond acceptors (Lipinski definition) is 12. The van der Waals surface area contributed by atoms with Gasteiger partial charge in [-0.05, 0) is 98.8 Å². The molecule has 2 N–H and O–H groups in total. The number of fused-ring (bicyclic) bond motifs is 1. The quantitative estimate of drug-likeness (QED) is 0.0713. The van der Waals surface area contributed by atoms with Gasteiger partial charge < -0.3 is 39.0 Å². The first-order valence-electron chi connectivity index (χ1n) is 18.5. The number of carbonyl (C=O) groups excluding carboxylic acids is 2. The second kappa shape index (κ2) is 18.8. The van der Waals surface area contributed by atoms with Gasteiger partial charge in [-0.2, -0.15) is 0 Å². The number of aliphatic hydroxyl groups excluding tert-OH is 1. The van der Waals surface area contributed by atoms with Gasteiger partial charge >= 0.3 is 12.1 Å². The largest absolute Gasteiger partial charge is 0.458 e. The Morgan fingerprint density at radius 1 is 1.18 bits per heavy atom. The summed E-state index contributed by atoms with van der Waals surface area (Å²) in [6.07, 6.45) is -1.57. The number of amides is 1. The molecule has 15 nitrogen and oxygen atoms in total. The van der Waals surface area contributed by atoms with Gasteiger partial charge in [0.1, 0.15) is 11.8 Å². The predicted octanol–water partition coefficient (Wildman–Crippen LogP) is 5.14. The van der Waals surface area contributed by atoms with E-state index in [1.54, 1.807) is 18.9 Å². The molecule has 0 saturated carbocycles. The van der Waals surface area contributed by atoms with Crippen molar-refractivity contribution < 1.29 is 42.9 Å². The van der Waals surface area contributed by atoms with Crippen molar-refractivity contribution in [3.05, 3.63) is 10.4 Å². The van der Waals surface area contributed by atoms with E-state index in [0.717, 1.165) is 0 Å². The van der Waals surface area contributed by atoms with Gasteiger partial charge in [0.2, 0.25) is 0 Å². The number of esters is 1. The minimum Gasteiger partial charge on any atom is -0.458 e. The number of hydrogen-bond donors (Lipinski definition) is 2. The average Bonchev–Trinajstić information content (AvgIpc) is 3.35. The summed E-state index contributed by atoms with van der Waals surface area (Å²) >= 11 is 0. The van der Waals surface area contributed by atoms with Crippen LogP contribution in [0.3, 0.4) is 0 Å². The molecule has 0 spiro atoms. The molecule has 3 saturated heterocycles. The normalized spacial score (nSPS) is 41.6. The summed E-state index contributed by atoms with van der Waals surface area (Å²) in [7, 11) is 5.39. The molecular formula is C35H63N6O9P. The summed E-state index contributed by atoms with van der Waals surface area (Å²) in [5, 5.41) is 19.2. The molecule has 3 aliphatic heterocycles. The Balaban J connectivity index is 2.04. The summed E-state index contributed by atoms with van der Waals surface area (Å²) in [4.78, 5) is 33.9. The highest BCUT2D eigenvalue weighted by Crippen LogP contribution is 2.41. The van der Waals surface area contributed by atoms with Gasteiger partial charge in [0.05, 0.1) is 35.9 Å². The van der Waals surface area contributed by atoms with E-state index >= 15 is 0 Å². The number of ether oxygens (including phenoxy) is 5. The van der Waals surface area contributed by atoms with Crippen molar-refractivity contribution in [1.82, 2.24) is 15.1 Å². The fourth-order valence-electron chi connectivity index (χ4n) is 8.44. The Morgan fingerprint density at radius 3 is 2.45 bits per heavy atom. The van der Waals surface area contributed by atoms with Gasteiger partial charge in [-0.1, -0.05) is 25.9 Å². The van der Waals surface area contributed by atoms with Crippen LogP contribution in [0.2, 0.25) is 0 Å². The molecule has 0 aromatic carbocycles. The molecule has 3 heterocycles. The first-order valence-corrected chi connectivity index (χ1v) is 19.3. The molecule has 3 rings (SSSR count). The molecule has 292 valence electrons. The number of azide groups is 1. The summed E-state index contributed by atoms with van der Waals surface area (Å²) in [5.41, 5.74) is 6.01. The number of rotatable bonds is 11. The lowest BCUT2D eigenvalue weighted by atomic mass is 9.77. The topological polar surface area (TPSA) is 185 Å². The third kappa shape index (κ3) is 9.92. The maximum Gasteiger partial charge on any atom is 0.410 e. The molecule has 16 heteroatoms. The molecular weight excluding hydrogens is 679 g/mol. The van der Waals surface area contributed by atoms with Crippen LogP contribution in [0.1, 0.15) is 87.5 Å². The maximum atomic E-state index is 13.9. The molecule has 4 unspecified atom stereocenters. The highest BCUT2D eigenvalue weighted by molar-refractivity contribution is 7.24. The Labute approximate surface area is 305 Å². The van der Waals surface area contributed by atoms with Crippen LogP contribution in [-0.2, 0) is 33.0 Å². The second-order valence-electron chi connectivity index (χ2n) is 15.6. The number of carbonyl (C=O) groups is 2. The average molecular weight is 743 g/mol. The Kier molecular flexibility index (Phi) is 16.0. The Bertz CT molecular complexity index is 1230. The lowest BCUT2D eigenvalue weighted by Gasteiger charge is -2.47. The van der Waals surface area contributed by atoms with Crippen molar-refractivity contribution in [1.29, 1.82) is 0 Å². The molecule has 0 aliphatic carbocycles. The first-order chi connectivity index (χ1) is 24.0. The molecule has 0 radical (unpaired) electrons. The van der Waals surface area contributed by atoms with Crippen LogP contribution >= 0.6 is 8.46 Å². The zero-order valence-corrected chi connectivity index (χ0v) is 33.4. The fraction of sp³-hybridized carbons (Fsp3) is 0.943. The van der Waals surface area contributed by atoms with E-state index in [1.807, 2.05) is 60.5 Å².